The summed E-state index contributed by atoms with van der Waals surface area (Å²) in [5.74, 6) is -0.771. The zero-order valence-electron chi connectivity index (χ0n) is 12.7. The molecule has 1 saturated heterocycles. The Labute approximate surface area is 128 Å². The number of nitrogens with zero attached hydrogens (tertiary/aromatic N) is 2. The summed E-state index contributed by atoms with van der Waals surface area (Å²) in [6, 6.07) is 2.62. The molecule has 2 aromatic rings. The molecule has 2 N–H and O–H groups in total. The lowest BCUT2D eigenvalue weighted by Gasteiger charge is -2.24. The molecule has 1 amide bonds. The van der Waals surface area contributed by atoms with Crippen molar-refractivity contribution < 1.29 is 9.18 Å². The van der Waals surface area contributed by atoms with E-state index in [0.717, 1.165) is 37.3 Å². The fourth-order valence-electron chi connectivity index (χ4n) is 2.71. The van der Waals surface area contributed by atoms with Gasteiger partial charge in [0.25, 0.3) is 5.91 Å². The number of piperidine rings is 1. The molecular weight excluding hydrogens is 283 g/mol. The van der Waals surface area contributed by atoms with Crippen LogP contribution in [0.4, 0.5) is 4.39 Å². The van der Waals surface area contributed by atoms with Gasteiger partial charge in [-0.05, 0) is 39.3 Å². The number of carbonyl (C=O) groups excluding carboxylic acids is 1. The van der Waals surface area contributed by atoms with E-state index in [1.807, 2.05) is 13.8 Å². The minimum Gasteiger partial charge on any atom is -0.348 e. The van der Waals surface area contributed by atoms with Crippen molar-refractivity contribution >= 4 is 16.9 Å². The first kappa shape index (κ1) is 14.8. The summed E-state index contributed by atoms with van der Waals surface area (Å²) < 4.78 is 13.8. The summed E-state index contributed by atoms with van der Waals surface area (Å²) in [4.78, 5) is 21.3. The van der Waals surface area contributed by atoms with E-state index < -0.39 is 5.82 Å². The van der Waals surface area contributed by atoms with Gasteiger partial charge in [-0.1, -0.05) is 0 Å². The standard InChI is InChI=1S/C16H19FN4O/c1-9-10(2)20-15-13(6-11(17)7-14(15)19-9)16(22)21-12-4-3-5-18-8-12/h6-7,12,18H,3-5,8H2,1-2H3,(H,21,22). The Morgan fingerprint density at radius 3 is 2.82 bits per heavy atom. The second-order valence-electron chi connectivity index (χ2n) is 5.73. The van der Waals surface area contributed by atoms with Crippen molar-refractivity contribution in [3.63, 3.8) is 0 Å². The van der Waals surface area contributed by atoms with Crippen LogP contribution in [-0.4, -0.2) is 35.0 Å². The second kappa shape index (κ2) is 5.96. The number of rotatable bonds is 2. The van der Waals surface area contributed by atoms with Gasteiger partial charge in [-0.3, -0.25) is 4.79 Å². The molecule has 0 bridgehead atoms. The van der Waals surface area contributed by atoms with E-state index in [9.17, 15) is 9.18 Å². The molecule has 1 aromatic carbocycles. The van der Waals surface area contributed by atoms with Crippen LogP contribution >= 0.6 is 0 Å². The van der Waals surface area contributed by atoms with E-state index in [-0.39, 0.29) is 17.5 Å². The van der Waals surface area contributed by atoms with Gasteiger partial charge in [0.15, 0.2) is 0 Å². The molecule has 22 heavy (non-hydrogen) atoms. The summed E-state index contributed by atoms with van der Waals surface area (Å²) in [7, 11) is 0. The van der Waals surface area contributed by atoms with Crippen LogP contribution < -0.4 is 10.6 Å². The first-order valence-electron chi connectivity index (χ1n) is 7.50. The third-order valence-corrected chi connectivity index (χ3v) is 4.02. The maximum absolute atomic E-state index is 13.8. The van der Waals surface area contributed by atoms with Crippen LogP contribution in [0.25, 0.3) is 11.0 Å². The molecule has 6 heteroatoms. The molecular formula is C16H19FN4O. The van der Waals surface area contributed by atoms with Crippen LogP contribution in [0, 0.1) is 19.7 Å². The highest BCUT2D eigenvalue weighted by Crippen LogP contribution is 2.19. The van der Waals surface area contributed by atoms with E-state index in [1.54, 1.807) is 0 Å². The number of aryl methyl sites for hydroxylation is 2. The molecule has 1 aromatic heterocycles. The third kappa shape index (κ3) is 2.92. The SMILES string of the molecule is Cc1nc2cc(F)cc(C(=O)NC3CCCNC3)c2nc1C. The van der Waals surface area contributed by atoms with Gasteiger partial charge in [0, 0.05) is 18.7 Å². The number of benzene rings is 1. The van der Waals surface area contributed by atoms with Gasteiger partial charge in [-0.25, -0.2) is 14.4 Å². The number of aromatic nitrogens is 2. The summed E-state index contributed by atoms with van der Waals surface area (Å²) in [5.41, 5.74) is 2.59. The number of hydrogen-bond acceptors (Lipinski definition) is 4. The topological polar surface area (TPSA) is 66.9 Å². The van der Waals surface area contributed by atoms with E-state index in [1.165, 1.54) is 12.1 Å². The summed E-state index contributed by atoms with van der Waals surface area (Å²) >= 11 is 0. The maximum atomic E-state index is 13.8. The highest BCUT2D eigenvalue weighted by molar-refractivity contribution is 6.04. The fraction of sp³-hybridized carbons (Fsp3) is 0.438. The van der Waals surface area contributed by atoms with Crippen molar-refractivity contribution in [1.82, 2.24) is 20.6 Å². The van der Waals surface area contributed by atoms with Crippen molar-refractivity contribution in [3.05, 3.63) is 34.9 Å². The number of hydrogen-bond donors (Lipinski definition) is 2. The molecule has 116 valence electrons. The molecule has 1 unspecified atom stereocenters. The van der Waals surface area contributed by atoms with Crippen LogP contribution in [0.5, 0.6) is 0 Å². The number of nitrogens with one attached hydrogen (secondary N) is 2. The van der Waals surface area contributed by atoms with E-state index >= 15 is 0 Å². The molecule has 1 atom stereocenters. The molecule has 5 nitrogen and oxygen atoms in total. The van der Waals surface area contributed by atoms with Crippen molar-refractivity contribution in [3.8, 4) is 0 Å². The Kier molecular flexibility index (Phi) is 4.02. The normalized spacial score (nSPS) is 18.4. The molecule has 1 aliphatic heterocycles. The quantitative estimate of drug-likeness (QED) is 0.889. The lowest BCUT2D eigenvalue weighted by molar-refractivity contribution is 0.0931. The minimum absolute atomic E-state index is 0.0686. The number of amides is 1. The van der Waals surface area contributed by atoms with Gasteiger partial charge in [-0.15, -0.1) is 0 Å². The van der Waals surface area contributed by atoms with Crippen LogP contribution in [0.1, 0.15) is 34.6 Å². The van der Waals surface area contributed by atoms with E-state index in [2.05, 4.69) is 20.6 Å². The smallest absolute Gasteiger partial charge is 0.253 e. The van der Waals surface area contributed by atoms with Gasteiger partial charge >= 0.3 is 0 Å². The zero-order valence-corrected chi connectivity index (χ0v) is 12.7. The Hall–Kier alpha value is -2.08. The molecule has 0 aliphatic carbocycles. The fourth-order valence-corrected chi connectivity index (χ4v) is 2.71. The van der Waals surface area contributed by atoms with E-state index in [4.69, 9.17) is 0 Å². The molecule has 3 rings (SSSR count). The van der Waals surface area contributed by atoms with Gasteiger partial charge in [0.05, 0.1) is 22.5 Å². The van der Waals surface area contributed by atoms with Crippen LogP contribution in [0.2, 0.25) is 0 Å². The average Bonchev–Trinajstić information content (AvgIpc) is 2.49. The lowest BCUT2D eigenvalue weighted by Crippen LogP contribution is -2.45. The largest absolute Gasteiger partial charge is 0.348 e. The summed E-state index contributed by atoms with van der Waals surface area (Å²) in [6.45, 7) is 5.36. The number of halogens is 1. The lowest BCUT2D eigenvalue weighted by atomic mass is 10.1. The summed E-state index contributed by atoms with van der Waals surface area (Å²) in [5, 5.41) is 6.19. The number of carbonyl (C=O) groups is 1. The zero-order chi connectivity index (χ0) is 15.7. The predicted octanol–water partition coefficient (Wildman–Crippen LogP) is 1.87. The predicted molar refractivity (Wildman–Crippen MR) is 82.3 cm³/mol. The van der Waals surface area contributed by atoms with Crippen molar-refractivity contribution in [2.45, 2.75) is 32.7 Å². The number of fused-ring (bicyclic) bond motifs is 1. The third-order valence-electron chi connectivity index (χ3n) is 4.02. The Bertz CT molecular complexity index is 726. The highest BCUT2D eigenvalue weighted by Gasteiger charge is 2.20. The average molecular weight is 302 g/mol. The van der Waals surface area contributed by atoms with Crippen LogP contribution in [-0.2, 0) is 0 Å². The van der Waals surface area contributed by atoms with Crippen molar-refractivity contribution in [2.75, 3.05) is 13.1 Å². The highest BCUT2D eigenvalue weighted by atomic mass is 19.1. The van der Waals surface area contributed by atoms with Crippen molar-refractivity contribution in [2.24, 2.45) is 0 Å². The first-order chi connectivity index (χ1) is 10.5. The molecule has 1 fully saturated rings. The van der Waals surface area contributed by atoms with Crippen LogP contribution in [0.15, 0.2) is 12.1 Å². The molecule has 0 radical (unpaired) electrons. The molecule has 1 aliphatic rings. The monoisotopic (exact) mass is 302 g/mol. The van der Waals surface area contributed by atoms with Crippen molar-refractivity contribution in [1.29, 1.82) is 0 Å². The van der Waals surface area contributed by atoms with Gasteiger partial charge in [0.1, 0.15) is 11.3 Å². The Morgan fingerprint density at radius 2 is 2.09 bits per heavy atom. The van der Waals surface area contributed by atoms with E-state index in [0.29, 0.717) is 11.0 Å². The Balaban J connectivity index is 1.97. The minimum atomic E-state index is -0.475. The van der Waals surface area contributed by atoms with Gasteiger partial charge in [-0.2, -0.15) is 0 Å². The Morgan fingerprint density at radius 1 is 1.32 bits per heavy atom. The maximum Gasteiger partial charge on any atom is 0.253 e. The van der Waals surface area contributed by atoms with Crippen LogP contribution in [0.3, 0.4) is 0 Å². The van der Waals surface area contributed by atoms with Gasteiger partial charge in [0.2, 0.25) is 0 Å². The van der Waals surface area contributed by atoms with Gasteiger partial charge < -0.3 is 10.6 Å². The first-order valence-corrected chi connectivity index (χ1v) is 7.50. The summed E-state index contributed by atoms with van der Waals surface area (Å²) in [6.07, 6.45) is 1.95. The second-order valence-corrected chi connectivity index (χ2v) is 5.73. The molecule has 0 spiro atoms. The molecule has 0 saturated carbocycles. The molecule has 2 heterocycles.